The van der Waals surface area contributed by atoms with Crippen LogP contribution in [0.4, 0.5) is 0 Å². The van der Waals surface area contributed by atoms with Crippen molar-refractivity contribution in [1.82, 2.24) is 9.38 Å². The molecule has 114 valence electrons. The van der Waals surface area contributed by atoms with Gasteiger partial charge >= 0.3 is 0 Å². The van der Waals surface area contributed by atoms with Gasteiger partial charge < -0.3 is 14.9 Å². The van der Waals surface area contributed by atoms with Crippen molar-refractivity contribution >= 4 is 5.65 Å². The van der Waals surface area contributed by atoms with E-state index >= 15 is 0 Å². The number of pyridine rings is 1. The van der Waals surface area contributed by atoms with Gasteiger partial charge in [-0.1, -0.05) is 6.07 Å². The first-order valence-electron chi connectivity index (χ1n) is 7.54. The van der Waals surface area contributed by atoms with Crippen LogP contribution in [0, 0.1) is 6.92 Å². The van der Waals surface area contributed by atoms with Crippen LogP contribution in [0.1, 0.15) is 25.1 Å². The summed E-state index contributed by atoms with van der Waals surface area (Å²) in [5.74, 6) is 0.869. The number of imidazole rings is 1. The number of benzene rings is 1. The normalized spacial score (nSPS) is 11.3. The number of fused-ring (bicyclic) bond motifs is 1. The van der Waals surface area contributed by atoms with Gasteiger partial charge in [-0.25, -0.2) is 4.98 Å². The first-order chi connectivity index (χ1) is 10.6. The Hall–Kier alpha value is -2.33. The summed E-state index contributed by atoms with van der Waals surface area (Å²) in [5.41, 5.74) is 11.1. The number of nitrogens with zero attached hydrogens (tertiary/aromatic N) is 2. The van der Waals surface area contributed by atoms with Crippen molar-refractivity contribution in [2.75, 3.05) is 0 Å². The lowest BCUT2D eigenvalue weighted by Gasteiger charge is -2.10. The Morgan fingerprint density at radius 2 is 1.91 bits per heavy atom. The summed E-state index contributed by atoms with van der Waals surface area (Å²) in [7, 11) is 0. The van der Waals surface area contributed by atoms with Crippen LogP contribution >= 0.6 is 0 Å². The Morgan fingerprint density at radius 1 is 1.18 bits per heavy atom. The summed E-state index contributed by atoms with van der Waals surface area (Å²) in [5, 5.41) is 0. The average Bonchev–Trinajstić information content (AvgIpc) is 2.87. The SMILES string of the molecule is Cc1cccn2c(CN)c(-c3ccc(OC(C)C)cc3)nc12. The number of ether oxygens (including phenoxy) is 1. The maximum Gasteiger partial charge on any atom is 0.140 e. The molecule has 2 heterocycles. The summed E-state index contributed by atoms with van der Waals surface area (Å²) in [6, 6.07) is 12.1. The molecule has 2 N–H and O–H groups in total. The summed E-state index contributed by atoms with van der Waals surface area (Å²) in [6.45, 7) is 6.55. The van der Waals surface area contributed by atoms with Crippen LogP contribution in [0.25, 0.3) is 16.9 Å². The maximum absolute atomic E-state index is 5.96. The zero-order valence-corrected chi connectivity index (χ0v) is 13.2. The smallest absolute Gasteiger partial charge is 0.140 e. The van der Waals surface area contributed by atoms with Gasteiger partial charge in [0.25, 0.3) is 0 Å². The fourth-order valence-electron chi connectivity index (χ4n) is 2.64. The van der Waals surface area contributed by atoms with Crippen LogP contribution < -0.4 is 10.5 Å². The number of aryl methyl sites for hydroxylation is 1. The van der Waals surface area contributed by atoms with E-state index in [2.05, 4.69) is 17.4 Å². The number of aromatic nitrogens is 2. The minimum Gasteiger partial charge on any atom is -0.491 e. The number of hydrogen-bond acceptors (Lipinski definition) is 3. The van der Waals surface area contributed by atoms with Gasteiger partial charge in [-0.15, -0.1) is 0 Å². The molecule has 0 unspecified atom stereocenters. The molecule has 4 nitrogen and oxygen atoms in total. The first-order valence-corrected chi connectivity index (χ1v) is 7.54. The summed E-state index contributed by atoms with van der Waals surface area (Å²) in [6.07, 6.45) is 2.18. The van der Waals surface area contributed by atoms with E-state index in [0.29, 0.717) is 6.54 Å². The summed E-state index contributed by atoms with van der Waals surface area (Å²) >= 11 is 0. The van der Waals surface area contributed by atoms with Crippen molar-refractivity contribution in [3.05, 3.63) is 53.9 Å². The third-order valence-electron chi connectivity index (χ3n) is 3.64. The topological polar surface area (TPSA) is 52.5 Å². The maximum atomic E-state index is 5.96. The third kappa shape index (κ3) is 2.57. The molecule has 0 saturated carbocycles. The summed E-state index contributed by atoms with van der Waals surface area (Å²) in [4.78, 5) is 4.79. The van der Waals surface area contributed by atoms with Gasteiger partial charge in [0.15, 0.2) is 0 Å². The second-order valence-corrected chi connectivity index (χ2v) is 5.69. The third-order valence-corrected chi connectivity index (χ3v) is 3.64. The molecule has 22 heavy (non-hydrogen) atoms. The Bertz CT molecular complexity index is 788. The van der Waals surface area contributed by atoms with Gasteiger partial charge in [-0.3, -0.25) is 0 Å². The van der Waals surface area contributed by atoms with Crippen LogP contribution in [-0.2, 0) is 6.54 Å². The quantitative estimate of drug-likeness (QED) is 0.800. The predicted molar refractivity (Wildman–Crippen MR) is 89.0 cm³/mol. The second kappa shape index (κ2) is 5.81. The predicted octanol–water partition coefficient (Wildman–Crippen LogP) is 3.56. The molecular weight excluding hydrogens is 274 g/mol. The van der Waals surface area contributed by atoms with E-state index in [4.69, 9.17) is 15.5 Å². The van der Waals surface area contributed by atoms with E-state index in [0.717, 1.165) is 33.9 Å². The van der Waals surface area contributed by atoms with Crippen LogP contribution in [-0.4, -0.2) is 15.5 Å². The van der Waals surface area contributed by atoms with Gasteiger partial charge in [0, 0.05) is 18.3 Å². The Kier molecular flexibility index (Phi) is 3.86. The molecule has 2 aromatic heterocycles. The van der Waals surface area contributed by atoms with Crippen LogP contribution in [0.3, 0.4) is 0 Å². The van der Waals surface area contributed by atoms with E-state index in [-0.39, 0.29) is 6.10 Å². The van der Waals surface area contributed by atoms with Crippen LogP contribution in [0.2, 0.25) is 0 Å². The Balaban J connectivity index is 2.07. The number of nitrogens with two attached hydrogens (primary N) is 1. The molecule has 0 atom stereocenters. The van der Waals surface area contributed by atoms with Gasteiger partial charge in [0.1, 0.15) is 11.4 Å². The number of hydrogen-bond donors (Lipinski definition) is 1. The molecule has 0 spiro atoms. The van der Waals surface area contributed by atoms with Crippen molar-refractivity contribution in [1.29, 1.82) is 0 Å². The van der Waals surface area contributed by atoms with Gasteiger partial charge in [0.05, 0.1) is 17.5 Å². The molecule has 1 aromatic carbocycles. The molecule has 0 radical (unpaired) electrons. The highest BCUT2D eigenvalue weighted by atomic mass is 16.5. The van der Waals surface area contributed by atoms with Gasteiger partial charge in [-0.05, 0) is 56.7 Å². The van der Waals surface area contributed by atoms with Crippen molar-refractivity contribution in [2.45, 2.75) is 33.4 Å². The Labute approximate surface area is 130 Å². The monoisotopic (exact) mass is 295 g/mol. The molecule has 0 saturated heterocycles. The average molecular weight is 295 g/mol. The molecule has 4 heteroatoms. The molecule has 0 aliphatic rings. The molecule has 0 amide bonds. The van der Waals surface area contributed by atoms with E-state index in [1.807, 2.05) is 50.4 Å². The fourth-order valence-corrected chi connectivity index (χ4v) is 2.64. The highest BCUT2D eigenvalue weighted by Crippen LogP contribution is 2.27. The molecule has 0 fully saturated rings. The summed E-state index contributed by atoms with van der Waals surface area (Å²) < 4.78 is 7.76. The molecular formula is C18H21N3O. The zero-order valence-electron chi connectivity index (χ0n) is 13.2. The minimum absolute atomic E-state index is 0.170. The highest BCUT2D eigenvalue weighted by molar-refractivity contribution is 5.68. The van der Waals surface area contributed by atoms with E-state index in [1.165, 1.54) is 0 Å². The van der Waals surface area contributed by atoms with Crippen LogP contribution in [0.15, 0.2) is 42.6 Å². The van der Waals surface area contributed by atoms with Gasteiger partial charge in [-0.2, -0.15) is 0 Å². The second-order valence-electron chi connectivity index (χ2n) is 5.69. The standard InChI is InChI=1S/C18H21N3O/c1-12(2)22-15-8-6-14(7-9-15)17-16(11-19)21-10-4-5-13(3)18(21)20-17/h4-10,12H,11,19H2,1-3H3. The largest absolute Gasteiger partial charge is 0.491 e. The minimum atomic E-state index is 0.170. The van der Waals surface area contributed by atoms with Crippen molar-refractivity contribution in [2.24, 2.45) is 5.73 Å². The molecule has 3 rings (SSSR count). The van der Waals surface area contributed by atoms with Gasteiger partial charge in [0.2, 0.25) is 0 Å². The fraction of sp³-hybridized carbons (Fsp3) is 0.278. The highest BCUT2D eigenvalue weighted by Gasteiger charge is 2.14. The number of rotatable bonds is 4. The molecule has 0 aliphatic carbocycles. The van der Waals surface area contributed by atoms with E-state index in [1.54, 1.807) is 0 Å². The first kappa shape index (κ1) is 14.6. The zero-order chi connectivity index (χ0) is 15.7. The molecule has 0 bridgehead atoms. The van der Waals surface area contributed by atoms with E-state index in [9.17, 15) is 0 Å². The van der Waals surface area contributed by atoms with Crippen molar-refractivity contribution in [3.63, 3.8) is 0 Å². The van der Waals surface area contributed by atoms with Crippen molar-refractivity contribution < 1.29 is 4.74 Å². The van der Waals surface area contributed by atoms with E-state index < -0.39 is 0 Å². The van der Waals surface area contributed by atoms with Crippen LogP contribution in [0.5, 0.6) is 5.75 Å². The molecule has 3 aromatic rings. The molecule has 0 aliphatic heterocycles. The Morgan fingerprint density at radius 3 is 2.55 bits per heavy atom. The van der Waals surface area contributed by atoms with Crippen molar-refractivity contribution in [3.8, 4) is 17.0 Å². The lowest BCUT2D eigenvalue weighted by molar-refractivity contribution is 0.242. The lowest BCUT2D eigenvalue weighted by Crippen LogP contribution is -2.05. The lowest BCUT2D eigenvalue weighted by atomic mass is 10.1.